The average Bonchev–Trinajstić information content (AvgIpc) is 3.23. The molecule has 0 aliphatic heterocycles. The zero-order valence-corrected chi connectivity index (χ0v) is 17.9. The maximum Gasteiger partial charge on any atom is 0.283 e. The van der Waals surface area contributed by atoms with Crippen LogP contribution < -0.4 is 5.56 Å². The summed E-state index contributed by atoms with van der Waals surface area (Å²) in [5, 5.41) is 0.684. The van der Waals surface area contributed by atoms with E-state index < -0.39 is 0 Å². The molecule has 4 nitrogen and oxygen atoms in total. The molecule has 0 aliphatic carbocycles. The summed E-state index contributed by atoms with van der Waals surface area (Å²) in [6.07, 6.45) is 1.88. The van der Waals surface area contributed by atoms with Crippen molar-refractivity contribution >= 4 is 22.8 Å². The van der Waals surface area contributed by atoms with Gasteiger partial charge in [0.15, 0.2) is 5.16 Å². The Morgan fingerprint density at radius 3 is 2.42 bits per heavy atom. The molecule has 5 rings (SSSR count). The van der Waals surface area contributed by atoms with E-state index >= 15 is 0 Å². The zero-order valence-electron chi connectivity index (χ0n) is 17.1. The lowest BCUT2D eigenvalue weighted by atomic mass is 10.1. The van der Waals surface area contributed by atoms with Crippen LogP contribution in [0.15, 0.2) is 101 Å². The van der Waals surface area contributed by atoms with Crippen molar-refractivity contribution in [3.63, 3.8) is 0 Å². The number of H-pyrrole nitrogens is 1. The minimum absolute atomic E-state index is 0.0895. The molecule has 5 aromatic rings. The molecular weight excluding hydrogens is 402 g/mol. The molecule has 1 N–H and O–H groups in total. The van der Waals surface area contributed by atoms with E-state index in [1.165, 1.54) is 5.56 Å². The van der Waals surface area contributed by atoms with Crippen LogP contribution in [0.2, 0.25) is 0 Å². The molecule has 0 atom stereocenters. The molecular formula is C26H21N3OS. The van der Waals surface area contributed by atoms with Crippen molar-refractivity contribution in [3.05, 3.63) is 113 Å². The lowest BCUT2D eigenvalue weighted by Gasteiger charge is -2.13. The number of hydrogen-bond donors (Lipinski definition) is 1. The molecule has 0 amide bonds. The standard InChI is InChI=1S/C26H21N3OS/c1-18-9-8-14-21(15-18)29-25(30)24-23(22(16-27-24)20-12-6-3-7-13-20)28-26(29)31-17-19-10-4-2-5-11-19/h2-16,27H,17H2,1H3. The Labute approximate surface area is 184 Å². The molecule has 0 radical (unpaired) electrons. The van der Waals surface area contributed by atoms with E-state index in [0.717, 1.165) is 28.1 Å². The van der Waals surface area contributed by atoms with Crippen LogP contribution in [0.25, 0.3) is 27.8 Å². The monoisotopic (exact) mass is 423 g/mol. The fraction of sp³-hybridized carbons (Fsp3) is 0.0769. The molecule has 152 valence electrons. The number of fused-ring (bicyclic) bond motifs is 1. The molecule has 0 bridgehead atoms. The first-order valence-electron chi connectivity index (χ1n) is 10.1. The predicted molar refractivity (Wildman–Crippen MR) is 128 cm³/mol. The summed E-state index contributed by atoms with van der Waals surface area (Å²) >= 11 is 1.58. The highest BCUT2D eigenvalue weighted by molar-refractivity contribution is 7.98. The number of aryl methyl sites for hydroxylation is 1. The van der Waals surface area contributed by atoms with Crippen molar-refractivity contribution in [1.29, 1.82) is 0 Å². The normalized spacial score (nSPS) is 11.1. The first-order chi connectivity index (χ1) is 15.2. The van der Waals surface area contributed by atoms with E-state index in [-0.39, 0.29) is 5.56 Å². The third-order valence-corrected chi connectivity index (χ3v) is 6.23. The number of thioether (sulfide) groups is 1. The molecule has 2 aromatic heterocycles. The number of benzene rings is 3. The van der Waals surface area contributed by atoms with Crippen LogP contribution in [-0.2, 0) is 5.75 Å². The van der Waals surface area contributed by atoms with Gasteiger partial charge >= 0.3 is 0 Å². The Bertz CT molecular complexity index is 1410. The van der Waals surface area contributed by atoms with Gasteiger partial charge in [0.25, 0.3) is 5.56 Å². The van der Waals surface area contributed by atoms with E-state index in [9.17, 15) is 4.79 Å². The van der Waals surface area contributed by atoms with Crippen molar-refractivity contribution in [1.82, 2.24) is 14.5 Å². The van der Waals surface area contributed by atoms with E-state index in [0.29, 0.717) is 16.2 Å². The topological polar surface area (TPSA) is 50.7 Å². The maximum absolute atomic E-state index is 13.6. The summed E-state index contributed by atoms with van der Waals surface area (Å²) in [5.74, 6) is 0.732. The Morgan fingerprint density at radius 2 is 1.68 bits per heavy atom. The highest BCUT2D eigenvalue weighted by atomic mass is 32.2. The second-order valence-corrected chi connectivity index (χ2v) is 8.38. The van der Waals surface area contributed by atoms with Crippen LogP contribution in [0.5, 0.6) is 0 Å². The number of hydrogen-bond acceptors (Lipinski definition) is 3. The van der Waals surface area contributed by atoms with Gasteiger partial charge in [-0.25, -0.2) is 4.98 Å². The summed E-state index contributed by atoms with van der Waals surface area (Å²) in [4.78, 5) is 21.8. The van der Waals surface area contributed by atoms with Crippen LogP contribution in [0, 0.1) is 6.92 Å². The molecule has 0 saturated carbocycles. The molecule has 0 unspecified atom stereocenters. The van der Waals surface area contributed by atoms with Gasteiger partial charge in [0, 0.05) is 17.5 Å². The maximum atomic E-state index is 13.6. The van der Waals surface area contributed by atoms with Crippen molar-refractivity contribution < 1.29 is 0 Å². The van der Waals surface area contributed by atoms with Crippen molar-refractivity contribution in [2.24, 2.45) is 0 Å². The minimum atomic E-state index is -0.0895. The van der Waals surface area contributed by atoms with Gasteiger partial charge in [-0.1, -0.05) is 84.6 Å². The quantitative estimate of drug-likeness (QED) is 0.279. The Balaban J connectivity index is 1.70. The second kappa shape index (κ2) is 8.28. The highest BCUT2D eigenvalue weighted by Crippen LogP contribution is 2.30. The minimum Gasteiger partial charge on any atom is -0.355 e. The second-order valence-electron chi connectivity index (χ2n) is 7.44. The van der Waals surface area contributed by atoms with Gasteiger partial charge in [-0.05, 0) is 35.7 Å². The number of aromatic nitrogens is 3. The van der Waals surface area contributed by atoms with E-state index in [2.05, 4.69) is 17.1 Å². The molecule has 5 heteroatoms. The van der Waals surface area contributed by atoms with Crippen LogP contribution in [-0.4, -0.2) is 14.5 Å². The lowest BCUT2D eigenvalue weighted by molar-refractivity contribution is 0.817. The lowest BCUT2D eigenvalue weighted by Crippen LogP contribution is -2.22. The SMILES string of the molecule is Cc1cccc(-n2c(SCc3ccccc3)nc3c(-c4ccccc4)c[nH]c3c2=O)c1. The third-order valence-electron chi connectivity index (χ3n) is 5.22. The average molecular weight is 424 g/mol. The highest BCUT2D eigenvalue weighted by Gasteiger charge is 2.18. The van der Waals surface area contributed by atoms with Gasteiger partial charge < -0.3 is 4.98 Å². The number of nitrogens with zero attached hydrogens (tertiary/aromatic N) is 2. The fourth-order valence-corrected chi connectivity index (χ4v) is 4.65. The van der Waals surface area contributed by atoms with E-state index in [1.54, 1.807) is 16.3 Å². The van der Waals surface area contributed by atoms with Crippen molar-refractivity contribution in [2.45, 2.75) is 17.8 Å². The molecule has 2 heterocycles. The van der Waals surface area contributed by atoms with Crippen LogP contribution >= 0.6 is 11.8 Å². The molecule has 0 aliphatic rings. The van der Waals surface area contributed by atoms with E-state index in [1.807, 2.05) is 85.9 Å². The smallest absolute Gasteiger partial charge is 0.283 e. The van der Waals surface area contributed by atoms with Crippen LogP contribution in [0.1, 0.15) is 11.1 Å². The van der Waals surface area contributed by atoms with Gasteiger partial charge in [0.05, 0.1) is 5.69 Å². The van der Waals surface area contributed by atoms with Gasteiger partial charge in [0.2, 0.25) is 0 Å². The Kier molecular flexibility index (Phi) is 5.18. The molecule has 0 fully saturated rings. The van der Waals surface area contributed by atoms with Crippen LogP contribution in [0.3, 0.4) is 0 Å². The molecule has 0 saturated heterocycles. The number of rotatable bonds is 5. The summed E-state index contributed by atoms with van der Waals surface area (Å²) in [6, 6.07) is 28.2. The third kappa shape index (κ3) is 3.80. The van der Waals surface area contributed by atoms with Gasteiger partial charge in [-0.3, -0.25) is 9.36 Å². The van der Waals surface area contributed by atoms with Crippen LogP contribution in [0.4, 0.5) is 0 Å². The first-order valence-corrected chi connectivity index (χ1v) is 11.1. The summed E-state index contributed by atoms with van der Waals surface area (Å²) in [6.45, 7) is 2.03. The van der Waals surface area contributed by atoms with E-state index in [4.69, 9.17) is 4.98 Å². The summed E-state index contributed by atoms with van der Waals surface area (Å²) in [5.41, 5.74) is 6.22. The largest absolute Gasteiger partial charge is 0.355 e. The van der Waals surface area contributed by atoms with Crippen molar-refractivity contribution in [3.8, 4) is 16.8 Å². The van der Waals surface area contributed by atoms with Gasteiger partial charge in [0.1, 0.15) is 11.0 Å². The molecule has 3 aromatic carbocycles. The van der Waals surface area contributed by atoms with Gasteiger partial charge in [-0.2, -0.15) is 0 Å². The fourth-order valence-electron chi connectivity index (χ4n) is 3.69. The molecule has 31 heavy (non-hydrogen) atoms. The van der Waals surface area contributed by atoms with Crippen molar-refractivity contribution in [2.75, 3.05) is 0 Å². The van der Waals surface area contributed by atoms with Gasteiger partial charge in [-0.15, -0.1) is 0 Å². The first kappa shape index (κ1) is 19.4. The molecule has 0 spiro atoms. The number of nitrogens with one attached hydrogen (secondary N) is 1. The predicted octanol–water partition coefficient (Wildman–Crippen LogP) is 5.98. The summed E-state index contributed by atoms with van der Waals surface area (Å²) in [7, 11) is 0. The Morgan fingerprint density at radius 1 is 0.935 bits per heavy atom. The Hall–Kier alpha value is -3.57. The zero-order chi connectivity index (χ0) is 21.2. The summed E-state index contributed by atoms with van der Waals surface area (Å²) < 4.78 is 1.72. The number of aromatic amines is 1.